The Labute approximate surface area is 233 Å². The van der Waals surface area contributed by atoms with Crippen LogP contribution in [0.4, 0.5) is 0 Å². The van der Waals surface area contributed by atoms with Crippen molar-refractivity contribution < 1.29 is 56.9 Å². The number of nitrogens with zero attached hydrogens (tertiary/aromatic N) is 1. The number of hydroxylamine groups is 1. The number of hydrogen-bond acceptors (Lipinski definition) is 12. The molecule has 232 valence electrons. The van der Waals surface area contributed by atoms with E-state index in [-0.39, 0.29) is 19.0 Å². The minimum Gasteiger partial charge on any atom is -0.624 e. The van der Waals surface area contributed by atoms with Crippen molar-refractivity contribution in [1.29, 1.82) is 0 Å². The molecule has 0 heterocycles. The van der Waals surface area contributed by atoms with Crippen LogP contribution in [0, 0.1) is 5.21 Å². The van der Waals surface area contributed by atoms with Crippen LogP contribution in [-0.2, 0) is 52.2 Å². The number of carbonyl (C=O) groups excluding carboxylic acids is 1. The third-order valence-corrected chi connectivity index (χ3v) is 4.30. The van der Waals surface area contributed by atoms with E-state index in [1.54, 1.807) is 0 Å². The Hall–Kier alpha value is -1.42. The van der Waals surface area contributed by atoms with Gasteiger partial charge in [-0.05, 0) is 20.8 Å². The van der Waals surface area contributed by atoms with Gasteiger partial charge in [0.1, 0.15) is 19.3 Å². The summed E-state index contributed by atoms with van der Waals surface area (Å²) in [5, 5.41) is 10.6. The van der Waals surface area contributed by atoms with Crippen LogP contribution in [0.1, 0.15) is 27.2 Å². The highest BCUT2D eigenvalue weighted by Gasteiger charge is 2.15. The smallest absolute Gasteiger partial charge is 0.308 e. The Balaban J connectivity index is 3.11. The van der Waals surface area contributed by atoms with Crippen molar-refractivity contribution in [3.8, 4) is 0 Å². The monoisotopic (exact) mass is 569 g/mol. The van der Waals surface area contributed by atoms with E-state index >= 15 is 0 Å². The highest BCUT2D eigenvalue weighted by Crippen LogP contribution is 2.08. The van der Waals surface area contributed by atoms with Crippen LogP contribution in [0.3, 0.4) is 0 Å². The minimum atomic E-state index is -0.473. The van der Waals surface area contributed by atoms with E-state index < -0.39 is 5.60 Å². The highest BCUT2D eigenvalue weighted by molar-refractivity contribution is 5.69. The molecule has 0 aromatic carbocycles. The molecule has 0 spiro atoms. The second-order valence-corrected chi connectivity index (χ2v) is 9.04. The third-order valence-electron chi connectivity index (χ3n) is 4.30. The lowest BCUT2D eigenvalue weighted by Crippen LogP contribution is -2.24. The van der Waals surface area contributed by atoms with E-state index in [4.69, 9.17) is 47.4 Å². The average molecular weight is 570 g/mol. The van der Waals surface area contributed by atoms with Gasteiger partial charge < -0.3 is 52.6 Å². The topological polar surface area (TPSA) is 135 Å². The number of esters is 1. The molecule has 0 bridgehead atoms. The summed E-state index contributed by atoms with van der Waals surface area (Å²) in [5.74, 6) is -0.267. The maximum atomic E-state index is 11.5. The Kier molecular flexibility index (Phi) is 27.1. The molecule has 0 unspecified atom stereocenters. The molecule has 13 heteroatoms. The normalized spacial score (nSPS) is 12.3. The van der Waals surface area contributed by atoms with E-state index in [2.05, 4.69) is 0 Å². The maximum absolute atomic E-state index is 11.5. The molecule has 0 atom stereocenters. The molecule has 0 aromatic rings. The SMILES string of the molecule is C[N+]([O-])=CCOCCOCCOCCOCCOCCOCCOCCOCCOCCC(=O)OC(C)(C)C. The molecule has 0 amide bonds. The fourth-order valence-electron chi connectivity index (χ4n) is 2.55. The van der Waals surface area contributed by atoms with E-state index in [1.165, 1.54) is 13.3 Å². The van der Waals surface area contributed by atoms with Crippen molar-refractivity contribution in [3.63, 3.8) is 0 Å². The fraction of sp³-hybridized carbons (Fsp3) is 0.923. The Morgan fingerprint density at radius 3 is 1.13 bits per heavy atom. The maximum Gasteiger partial charge on any atom is 0.308 e. The molecular weight excluding hydrogens is 518 g/mol. The Bertz CT molecular complexity index is 568. The van der Waals surface area contributed by atoms with Gasteiger partial charge in [-0.3, -0.25) is 4.79 Å². The first-order valence-corrected chi connectivity index (χ1v) is 13.5. The van der Waals surface area contributed by atoms with Crippen molar-refractivity contribution in [2.75, 3.05) is 126 Å². The molecule has 0 radical (unpaired) electrons. The molecule has 0 rings (SSSR count). The van der Waals surface area contributed by atoms with Gasteiger partial charge in [0.05, 0.1) is 119 Å². The molecule has 0 saturated heterocycles. The van der Waals surface area contributed by atoms with Crippen LogP contribution in [0.5, 0.6) is 0 Å². The van der Waals surface area contributed by atoms with Crippen LogP contribution in [0.25, 0.3) is 0 Å². The predicted octanol–water partition coefficient (Wildman–Crippen LogP) is 1.08. The first kappa shape index (κ1) is 37.6. The summed E-state index contributed by atoms with van der Waals surface area (Å²) < 4.78 is 54.3. The lowest BCUT2D eigenvalue weighted by molar-refractivity contribution is -0.419. The molecule has 0 saturated carbocycles. The zero-order valence-electron chi connectivity index (χ0n) is 24.4. The predicted molar refractivity (Wildman–Crippen MR) is 143 cm³/mol. The van der Waals surface area contributed by atoms with E-state index in [0.29, 0.717) is 117 Å². The largest absolute Gasteiger partial charge is 0.624 e. The lowest BCUT2D eigenvalue weighted by atomic mass is 10.2. The molecule has 13 nitrogen and oxygen atoms in total. The summed E-state index contributed by atoms with van der Waals surface area (Å²) in [4.78, 5) is 11.5. The third kappa shape index (κ3) is 34.6. The molecule has 0 aliphatic rings. The average Bonchev–Trinajstić information content (AvgIpc) is 2.86. The fourth-order valence-corrected chi connectivity index (χ4v) is 2.55. The first-order valence-electron chi connectivity index (χ1n) is 13.5. The molecule has 0 N–H and O–H groups in total. The van der Waals surface area contributed by atoms with E-state index in [0.717, 1.165) is 0 Å². The standard InChI is InChI=1S/C26H51NO12/c1-26(2,3)39-25(28)5-7-30-9-11-32-13-15-34-17-19-36-21-23-38-24-22-37-20-18-35-16-14-33-12-10-31-8-6-27(4)29/h6H,5,7-24H2,1-4H3. The number of carbonyl (C=O) groups is 1. The highest BCUT2D eigenvalue weighted by atomic mass is 16.6. The minimum absolute atomic E-state index is 0.231. The molecule has 0 aliphatic heterocycles. The summed E-state index contributed by atoms with van der Waals surface area (Å²) in [7, 11) is 1.41. The summed E-state index contributed by atoms with van der Waals surface area (Å²) >= 11 is 0. The second kappa shape index (κ2) is 28.1. The van der Waals surface area contributed by atoms with Crippen LogP contribution < -0.4 is 0 Å². The van der Waals surface area contributed by atoms with E-state index in [9.17, 15) is 10.0 Å². The summed E-state index contributed by atoms with van der Waals surface area (Å²) in [5.41, 5.74) is -0.473. The molecule has 0 fully saturated rings. The zero-order chi connectivity index (χ0) is 28.9. The van der Waals surface area contributed by atoms with Crippen LogP contribution in [0.15, 0.2) is 0 Å². The van der Waals surface area contributed by atoms with Crippen LogP contribution >= 0.6 is 0 Å². The van der Waals surface area contributed by atoms with Crippen molar-refractivity contribution in [2.45, 2.75) is 32.8 Å². The van der Waals surface area contributed by atoms with Gasteiger partial charge in [0.15, 0.2) is 6.21 Å². The van der Waals surface area contributed by atoms with Crippen molar-refractivity contribution in [3.05, 3.63) is 5.21 Å². The summed E-state index contributed by atoms with van der Waals surface area (Å²) in [6.07, 6.45) is 1.63. The van der Waals surface area contributed by atoms with Gasteiger partial charge in [-0.1, -0.05) is 0 Å². The van der Waals surface area contributed by atoms with Crippen LogP contribution in [-0.4, -0.2) is 148 Å². The van der Waals surface area contributed by atoms with Crippen molar-refractivity contribution in [1.82, 2.24) is 0 Å². The summed E-state index contributed by atoms with van der Waals surface area (Å²) in [6.45, 7) is 13.7. The molecular formula is C26H51NO12. The van der Waals surface area contributed by atoms with Gasteiger partial charge in [-0.25, -0.2) is 4.74 Å². The van der Waals surface area contributed by atoms with Gasteiger partial charge in [-0.2, -0.15) is 0 Å². The first-order chi connectivity index (χ1) is 18.8. The zero-order valence-corrected chi connectivity index (χ0v) is 24.4. The number of hydrogen-bond donors (Lipinski definition) is 0. The van der Waals surface area contributed by atoms with Gasteiger partial charge in [0, 0.05) is 0 Å². The molecule has 39 heavy (non-hydrogen) atoms. The number of ether oxygens (including phenoxy) is 10. The van der Waals surface area contributed by atoms with Gasteiger partial charge in [0.25, 0.3) is 0 Å². The second-order valence-electron chi connectivity index (χ2n) is 9.04. The van der Waals surface area contributed by atoms with Crippen molar-refractivity contribution >= 4 is 12.2 Å². The number of rotatable bonds is 29. The lowest BCUT2D eigenvalue weighted by Gasteiger charge is -2.19. The Morgan fingerprint density at radius 2 is 0.846 bits per heavy atom. The Morgan fingerprint density at radius 1 is 0.564 bits per heavy atom. The molecule has 0 aromatic heterocycles. The summed E-state index contributed by atoms with van der Waals surface area (Å²) in [6, 6.07) is 0. The van der Waals surface area contributed by atoms with E-state index in [1.807, 2.05) is 20.8 Å². The molecule has 0 aliphatic carbocycles. The van der Waals surface area contributed by atoms with Gasteiger partial charge in [0.2, 0.25) is 0 Å². The van der Waals surface area contributed by atoms with Crippen molar-refractivity contribution in [2.24, 2.45) is 0 Å². The van der Waals surface area contributed by atoms with Gasteiger partial charge in [-0.15, -0.1) is 0 Å². The van der Waals surface area contributed by atoms with Crippen LogP contribution in [0.2, 0.25) is 0 Å². The van der Waals surface area contributed by atoms with Gasteiger partial charge >= 0.3 is 5.97 Å². The quantitative estimate of drug-likeness (QED) is 0.0318.